The number of hydrogen-bond donors (Lipinski definition) is 3. The molecule has 2 aromatic carbocycles. The fourth-order valence-electron chi connectivity index (χ4n) is 3.86. The van der Waals surface area contributed by atoms with Gasteiger partial charge in [-0.05, 0) is 55.2 Å². The van der Waals surface area contributed by atoms with Gasteiger partial charge in [0.25, 0.3) is 5.91 Å². The fourth-order valence-corrected chi connectivity index (χ4v) is 3.86. The molecule has 150 valence electrons. The summed E-state index contributed by atoms with van der Waals surface area (Å²) in [6, 6.07) is 10.2. The first-order chi connectivity index (χ1) is 13.9. The molecule has 1 aliphatic heterocycles. The molecule has 3 aromatic rings. The zero-order chi connectivity index (χ0) is 20.5. The SMILES string of the molecule is CC(CCc1ccc(O)cc1)N1C(=O)NC(Cc2c[nH]c3cccc(F)c23)C1=O. The summed E-state index contributed by atoms with van der Waals surface area (Å²) < 4.78 is 14.2. The number of fused-ring (bicyclic) bond motifs is 1. The van der Waals surface area contributed by atoms with Gasteiger partial charge in [0.15, 0.2) is 0 Å². The molecule has 3 amide bonds. The van der Waals surface area contributed by atoms with E-state index < -0.39 is 12.1 Å². The molecule has 3 N–H and O–H groups in total. The lowest BCUT2D eigenvalue weighted by atomic mass is 10.0. The molecule has 0 saturated carbocycles. The highest BCUT2D eigenvalue weighted by atomic mass is 19.1. The van der Waals surface area contributed by atoms with E-state index in [9.17, 15) is 19.1 Å². The number of phenolic OH excluding ortho intramolecular Hbond substituents is 1. The van der Waals surface area contributed by atoms with Crippen LogP contribution < -0.4 is 5.32 Å². The molecule has 0 radical (unpaired) electrons. The number of phenols is 1. The van der Waals surface area contributed by atoms with Crippen LogP contribution in [-0.2, 0) is 17.6 Å². The maximum Gasteiger partial charge on any atom is 0.325 e. The van der Waals surface area contributed by atoms with E-state index >= 15 is 0 Å². The lowest BCUT2D eigenvalue weighted by Gasteiger charge is -2.21. The van der Waals surface area contributed by atoms with Crippen molar-refractivity contribution < 1.29 is 19.1 Å². The number of rotatable bonds is 6. The molecule has 1 saturated heterocycles. The number of carbonyl (C=O) groups is 2. The number of aryl methyl sites for hydroxylation is 1. The average Bonchev–Trinajstić information content (AvgIpc) is 3.23. The number of aromatic amines is 1. The predicted molar refractivity (Wildman–Crippen MR) is 107 cm³/mol. The van der Waals surface area contributed by atoms with Crippen molar-refractivity contribution in [1.29, 1.82) is 0 Å². The molecule has 2 heterocycles. The molecule has 1 aliphatic rings. The molecule has 0 bridgehead atoms. The smallest absolute Gasteiger partial charge is 0.325 e. The van der Waals surface area contributed by atoms with Crippen LogP contribution in [0.3, 0.4) is 0 Å². The van der Waals surface area contributed by atoms with E-state index in [1.165, 1.54) is 11.0 Å². The van der Waals surface area contributed by atoms with Crippen molar-refractivity contribution in [2.24, 2.45) is 0 Å². The first-order valence-electron chi connectivity index (χ1n) is 9.60. The van der Waals surface area contributed by atoms with Gasteiger partial charge in [-0.25, -0.2) is 9.18 Å². The lowest BCUT2D eigenvalue weighted by Crippen LogP contribution is -2.39. The second-order valence-electron chi connectivity index (χ2n) is 7.44. The van der Waals surface area contributed by atoms with E-state index in [1.807, 2.05) is 19.1 Å². The minimum atomic E-state index is -0.711. The van der Waals surface area contributed by atoms with Gasteiger partial charge in [0.1, 0.15) is 17.6 Å². The van der Waals surface area contributed by atoms with Gasteiger partial charge in [-0.1, -0.05) is 18.2 Å². The third-order valence-corrected chi connectivity index (χ3v) is 5.44. The van der Waals surface area contributed by atoms with Crippen molar-refractivity contribution in [1.82, 2.24) is 15.2 Å². The maximum atomic E-state index is 14.2. The number of hydrogen-bond acceptors (Lipinski definition) is 3. The lowest BCUT2D eigenvalue weighted by molar-refractivity contribution is -0.128. The van der Waals surface area contributed by atoms with Crippen LogP contribution in [0.5, 0.6) is 5.75 Å². The van der Waals surface area contributed by atoms with Gasteiger partial charge in [0.2, 0.25) is 0 Å². The highest BCUT2D eigenvalue weighted by Crippen LogP contribution is 2.25. The topological polar surface area (TPSA) is 85.4 Å². The molecule has 29 heavy (non-hydrogen) atoms. The number of halogens is 1. The Kier molecular flexibility index (Phi) is 4.96. The first kappa shape index (κ1) is 19.0. The second-order valence-corrected chi connectivity index (χ2v) is 7.44. The van der Waals surface area contributed by atoms with Crippen molar-refractivity contribution >= 4 is 22.8 Å². The molecular weight excluding hydrogens is 373 g/mol. The molecule has 0 aliphatic carbocycles. The second kappa shape index (κ2) is 7.58. The Bertz CT molecular complexity index is 1060. The molecule has 2 unspecified atom stereocenters. The van der Waals surface area contributed by atoms with E-state index in [2.05, 4.69) is 10.3 Å². The Morgan fingerprint density at radius 1 is 1.17 bits per heavy atom. The molecule has 6 nitrogen and oxygen atoms in total. The number of benzene rings is 2. The summed E-state index contributed by atoms with van der Waals surface area (Å²) in [7, 11) is 0. The number of aromatic hydroxyl groups is 1. The van der Waals surface area contributed by atoms with Crippen molar-refractivity contribution in [3.8, 4) is 5.75 Å². The number of imide groups is 1. The molecule has 1 aromatic heterocycles. The van der Waals surface area contributed by atoms with Crippen LogP contribution >= 0.6 is 0 Å². The highest BCUT2D eigenvalue weighted by molar-refractivity contribution is 6.04. The fraction of sp³-hybridized carbons (Fsp3) is 0.273. The summed E-state index contributed by atoms with van der Waals surface area (Å²) in [4.78, 5) is 29.6. The first-order valence-corrected chi connectivity index (χ1v) is 9.60. The van der Waals surface area contributed by atoms with E-state index in [4.69, 9.17) is 0 Å². The zero-order valence-corrected chi connectivity index (χ0v) is 16.0. The normalized spacial score (nSPS) is 17.7. The number of nitrogens with zero attached hydrogens (tertiary/aromatic N) is 1. The van der Waals surface area contributed by atoms with Crippen LogP contribution in [0.4, 0.5) is 9.18 Å². The molecule has 4 rings (SSSR count). The minimum absolute atomic E-state index is 0.201. The van der Waals surface area contributed by atoms with Gasteiger partial charge in [-0.15, -0.1) is 0 Å². The number of H-pyrrole nitrogens is 1. The zero-order valence-electron chi connectivity index (χ0n) is 16.0. The Hall–Kier alpha value is -3.35. The summed E-state index contributed by atoms with van der Waals surface area (Å²) in [5.41, 5.74) is 2.35. The van der Waals surface area contributed by atoms with Gasteiger partial charge in [-0.2, -0.15) is 0 Å². The number of amides is 3. The predicted octanol–water partition coefficient (Wildman–Crippen LogP) is 3.50. The molecule has 1 fully saturated rings. The molecule has 7 heteroatoms. The Morgan fingerprint density at radius 2 is 1.93 bits per heavy atom. The highest BCUT2D eigenvalue weighted by Gasteiger charge is 2.40. The third kappa shape index (κ3) is 3.68. The van der Waals surface area contributed by atoms with Crippen LogP contribution in [0.25, 0.3) is 10.9 Å². The van der Waals surface area contributed by atoms with Gasteiger partial charge in [-0.3, -0.25) is 9.69 Å². The number of urea groups is 1. The number of carbonyl (C=O) groups excluding carboxylic acids is 2. The van der Waals surface area contributed by atoms with Crippen molar-refractivity contribution in [3.05, 3.63) is 65.6 Å². The standard InChI is InChI=1S/C22H22FN3O3/c1-13(5-6-14-7-9-16(27)10-8-14)26-21(28)19(25-22(26)29)11-15-12-24-18-4-2-3-17(23)20(15)18/h2-4,7-10,12-13,19,24,27H,5-6,11H2,1H3,(H,25,29). The van der Waals surface area contributed by atoms with Crippen LogP contribution in [0.2, 0.25) is 0 Å². The van der Waals surface area contributed by atoms with E-state index in [0.29, 0.717) is 29.3 Å². The van der Waals surface area contributed by atoms with Gasteiger partial charge in [0.05, 0.1) is 0 Å². The van der Waals surface area contributed by atoms with Crippen molar-refractivity contribution in [2.45, 2.75) is 38.3 Å². The monoisotopic (exact) mass is 395 g/mol. The van der Waals surface area contributed by atoms with Crippen LogP contribution in [0.15, 0.2) is 48.7 Å². The molecule has 0 spiro atoms. The molecule has 2 atom stereocenters. The van der Waals surface area contributed by atoms with Gasteiger partial charge < -0.3 is 15.4 Å². The Balaban J connectivity index is 1.44. The number of aromatic nitrogens is 1. The average molecular weight is 395 g/mol. The maximum absolute atomic E-state index is 14.2. The summed E-state index contributed by atoms with van der Waals surface area (Å²) in [5, 5.41) is 12.5. The van der Waals surface area contributed by atoms with Crippen molar-refractivity contribution in [3.63, 3.8) is 0 Å². The summed E-state index contributed by atoms with van der Waals surface area (Å²) in [6.45, 7) is 1.84. The van der Waals surface area contributed by atoms with Crippen LogP contribution in [-0.4, -0.2) is 39.0 Å². The van der Waals surface area contributed by atoms with Crippen molar-refractivity contribution in [2.75, 3.05) is 0 Å². The summed E-state index contributed by atoms with van der Waals surface area (Å²) >= 11 is 0. The van der Waals surface area contributed by atoms with E-state index in [0.717, 1.165) is 5.56 Å². The molecular formula is C22H22FN3O3. The number of nitrogens with one attached hydrogen (secondary N) is 2. The largest absolute Gasteiger partial charge is 0.508 e. The minimum Gasteiger partial charge on any atom is -0.508 e. The summed E-state index contributed by atoms with van der Waals surface area (Å²) in [6.07, 6.45) is 3.20. The quantitative estimate of drug-likeness (QED) is 0.559. The van der Waals surface area contributed by atoms with Gasteiger partial charge >= 0.3 is 6.03 Å². The van der Waals surface area contributed by atoms with E-state index in [1.54, 1.807) is 30.5 Å². The summed E-state index contributed by atoms with van der Waals surface area (Å²) in [5.74, 6) is -0.444. The Labute approximate surface area is 167 Å². The van der Waals surface area contributed by atoms with Crippen LogP contribution in [0.1, 0.15) is 24.5 Å². The Morgan fingerprint density at radius 3 is 2.69 bits per heavy atom. The third-order valence-electron chi connectivity index (χ3n) is 5.44. The van der Waals surface area contributed by atoms with Gasteiger partial charge in [0, 0.05) is 29.6 Å². The van der Waals surface area contributed by atoms with E-state index in [-0.39, 0.29) is 29.9 Å². The van der Waals surface area contributed by atoms with Crippen LogP contribution in [0, 0.1) is 5.82 Å².